The molecule has 0 amide bonds. The maximum Gasteiger partial charge on any atom is 0.146 e. The molecule has 0 saturated carbocycles. The highest BCUT2D eigenvalue weighted by atomic mass is 16.5. The lowest BCUT2D eigenvalue weighted by atomic mass is 10.1. The van der Waals surface area contributed by atoms with Crippen molar-refractivity contribution in [1.82, 2.24) is 9.80 Å². The average molecular weight is 226 g/mol. The molecule has 0 aromatic rings. The number of ether oxygens (including phenoxy) is 1. The van der Waals surface area contributed by atoms with Crippen LogP contribution >= 0.6 is 0 Å². The van der Waals surface area contributed by atoms with E-state index in [1.807, 2.05) is 0 Å². The number of rotatable bonds is 3. The van der Waals surface area contributed by atoms with E-state index in [-0.39, 0.29) is 0 Å². The third-order valence-corrected chi connectivity index (χ3v) is 3.46. The smallest absolute Gasteiger partial charge is 0.146 e. The van der Waals surface area contributed by atoms with Gasteiger partial charge in [-0.2, -0.15) is 0 Å². The monoisotopic (exact) mass is 226 g/mol. The first kappa shape index (κ1) is 12.0. The molecule has 4 nitrogen and oxygen atoms in total. The number of carbonyl (C=O) groups excluding carboxylic acids is 1. The molecule has 2 saturated heterocycles. The summed E-state index contributed by atoms with van der Waals surface area (Å²) in [5, 5.41) is 0. The second kappa shape index (κ2) is 5.75. The third kappa shape index (κ3) is 3.27. The predicted molar refractivity (Wildman–Crippen MR) is 62.5 cm³/mol. The lowest BCUT2D eigenvalue weighted by Crippen LogP contribution is -2.49. The number of likely N-dealkylation sites (tertiary alicyclic amines) is 1. The predicted octanol–water partition coefficient (Wildman–Crippen LogP) is 0.372. The lowest BCUT2D eigenvalue weighted by molar-refractivity contribution is -0.123. The number of morpholine rings is 1. The molecule has 0 radical (unpaired) electrons. The van der Waals surface area contributed by atoms with Gasteiger partial charge in [-0.25, -0.2) is 0 Å². The molecule has 0 bridgehead atoms. The Hall–Kier alpha value is -0.450. The van der Waals surface area contributed by atoms with Gasteiger partial charge in [0.1, 0.15) is 5.78 Å². The summed E-state index contributed by atoms with van der Waals surface area (Å²) < 4.78 is 5.75. The second-order valence-corrected chi connectivity index (χ2v) is 4.76. The average Bonchev–Trinajstić information content (AvgIpc) is 2.29. The van der Waals surface area contributed by atoms with Crippen LogP contribution in [0.2, 0.25) is 0 Å². The van der Waals surface area contributed by atoms with Crippen molar-refractivity contribution in [3.63, 3.8) is 0 Å². The van der Waals surface area contributed by atoms with Gasteiger partial charge in [0.15, 0.2) is 0 Å². The standard InChI is InChI=1S/C12H22N2O2/c1-2-13-6-7-16-12(9-13)10-14-5-3-4-11(15)8-14/h12H,2-10H2,1H3. The zero-order valence-corrected chi connectivity index (χ0v) is 10.2. The summed E-state index contributed by atoms with van der Waals surface area (Å²) in [5.41, 5.74) is 0. The largest absolute Gasteiger partial charge is 0.374 e. The lowest BCUT2D eigenvalue weighted by Gasteiger charge is -2.36. The molecule has 2 heterocycles. The Kier molecular flexibility index (Phi) is 4.32. The van der Waals surface area contributed by atoms with Crippen molar-refractivity contribution in [2.45, 2.75) is 25.9 Å². The molecule has 4 heteroatoms. The van der Waals surface area contributed by atoms with E-state index in [0.717, 1.165) is 52.2 Å². The van der Waals surface area contributed by atoms with Crippen molar-refractivity contribution < 1.29 is 9.53 Å². The number of hydrogen-bond donors (Lipinski definition) is 0. The van der Waals surface area contributed by atoms with Crippen LogP contribution < -0.4 is 0 Å². The Morgan fingerprint density at radius 1 is 1.38 bits per heavy atom. The van der Waals surface area contributed by atoms with E-state index in [0.29, 0.717) is 18.4 Å². The maximum atomic E-state index is 11.3. The number of ketones is 1. The molecule has 92 valence electrons. The molecule has 0 aromatic heterocycles. The molecule has 0 aromatic carbocycles. The summed E-state index contributed by atoms with van der Waals surface area (Å²) in [6.45, 7) is 8.78. The number of hydrogen-bond acceptors (Lipinski definition) is 4. The molecule has 0 N–H and O–H groups in total. The fraction of sp³-hybridized carbons (Fsp3) is 0.917. The Balaban J connectivity index is 1.77. The number of nitrogens with zero attached hydrogens (tertiary/aromatic N) is 2. The molecular formula is C12H22N2O2. The number of Topliss-reactive ketones (excluding diaryl/α,β-unsaturated/α-hetero) is 1. The fourth-order valence-electron chi connectivity index (χ4n) is 2.53. The van der Waals surface area contributed by atoms with E-state index in [1.165, 1.54) is 0 Å². The number of piperidine rings is 1. The first-order valence-electron chi connectivity index (χ1n) is 6.36. The van der Waals surface area contributed by atoms with Crippen LogP contribution in [0.3, 0.4) is 0 Å². The van der Waals surface area contributed by atoms with Gasteiger partial charge in [0, 0.05) is 26.1 Å². The molecule has 2 fully saturated rings. The van der Waals surface area contributed by atoms with Crippen LogP contribution in [0.25, 0.3) is 0 Å². The molecule has 0 spiro atoms. The zero-order valence-electron chi connectivity index (χ0n) is 10.2. The Labute approximate surface area is 97.5 Å². The molecular weight excluding hydrogens is 204 g/mol. The van der Waals surface area contributed by atoms with Crippen LogP contribution in [-0.2, 0) is 9.53 Å². The Morgan fingerprint density at radius 2 is 2.25 bits per heavy atom. The third-order valence-electron chi connectivity index (χ3n) is 3.46. The summed E-state index contributed by atoms with van der Waals surface area (Å²) in [6.07, 6.45) is 2.08. The van der Waals surface area contributed by atoms with Crippen molar-refractivity contribution in [3.8, 4) is 0 Å². The van der Waals surface area contributed by atoms with Crippen molar-refractivity contribution in [2.75, 3.05) is 45.9 Å². The minimum atomic E-state index is 0.291. The molecule has 2 rings (SSSR count). The van der Waals surface area contributed by atoms with Gasteiger partial charge < -0.3 is 4.74 Å². The van der Waals surface area contributed by atoms with Gasteiger partial charge in [-0.15, -0.1) is 0 Å². The first-order valence-corrected chi connectivity index (χ1v) is 6.36. The highest BCUT2D eigenvalue weighted by Crippen LogP contribution is 2.10. The summed E-state index contributed by atoms with van der Waals surface area (Å²) in [5.74, 6) is 0.384. The van der Waals surface area contributed by atoms with Crippen LogP contribution in [0, 0.1) is 0 Å². The molecule has 1 atom stereocenters. The van der Waals surface area contributed by atoms with Gasteiger partial charge in [-0.05, 0) is 19.5 Å². The van der Waals surface area contributed by atoms with Gasteiger partial charge in [-0.1, -0.05) is 6.92 Å². The van der Waals surface area contributed by atoms with Crippen molar-refractivity contribution in [1.29, 1.82) is 0 Å². The zero-order chi connectivity index (χ0) is 11.4. The fourth-order valence-corrected chi connectivity index (χ4v) is 2.53. The van der Waals surface area contributed by atoms with E-state index in [2.05, 4.69) is 16.7 Å². The summed E-state index contributed by atoms with van der Waals surface area (Å²) in [6, 6.07) is 0. The molecule has 0 aliphatic carbocycles. The quantitative estimate of drug-likeness (QED) is 0.696. The first-order chi connectivity index (χ1) is 7.78. The Bertz CT molecular complexity index is 245. The summed E-state index contributed by atoms with van der Waals surface area (Å²) in [4.78, 5) is 16.0. The van der Waals surface area contributed by atoms with Gasteiger partial charge in [0.25, 0.3) is 0 Å². The van der Waals surface area contributed by atoms with Gasteiger partial charge in [0.2, 0.25) is 0 Å². The highest BCUT2D eigenvalue weighted by molar-refractivity contribution is 5.81. The van der Waals surface area contributed by atoms with Gasteiger partial charge >= 0.3 is 0 Å². The highest BCUT2D eigenvalue weighted by Gasteiger charge is 2.24. The number of carbonyl (C=O) groups is 1. The van der Waals surface area contributed by atoms with E-state index in [9.17, 15) is 4.79 Å². The van der Waals surface area contributed by atoms with E-state index < -0.39 is 0 Å². The van der Waals surface area contributed by atoms with Gasteiger partial charge in [0.05, 0.1) is 19.3 Å². The van der Waals surface area contributed by atoms with Crippen molar-refractivity contribution in [2.24, 2.45) is 0 Å². The number of likely N-dealkylation sites (N-methyl/N-ethyl adjacent to an activating group) is 1. The van der Waals surface area contributed by atoms with Crippen molar-refractivity contribution in [3.05, 3.63) is 0 Å². The van der Waals surface area contributed by atoms with Gasteiger partial charge in [-0.3, -0.25) is 14.6 Å². The molecule has 1 unspecified atom stereocenters. The SMILES string of the molecule is CCN1CCOC(CN2CCCC(=O)C2)C1. The van der Waals surface area contributed by atoms with Crippen LogP contribution in [0.4, 0.5) is 0 Å². The second-order valence-electron chi connectivity index (χ2n) is 4.76. The van der Waals surface area contributed by atoms with Crippen LogP contribution in [0.5, 0.6) is 0 Å². The minimum absolute atomic E-state index is 0.291. The summed E-state index contributed by atoms with van der Waals surface area (Å²) >= 11 is 0. The van der Waals surface area contributed by atoms with Crippen LogP contribution in [0.1, 0.15) is 19.8 Å². The molecule has 2 aliphatic rings. The van der Waals surface area contributed by atoms with E-state index in [4.69, 9.17) is 4.74 Å². The maximum absolute atomic E-state index is 11.3. The minimum Gasteiger partial charge on any atom is -0.374 e. The van der Waals surface area contributed by atoms with E-state index in [1.54, 1.807) is 0 Å². The molecule has 2 aliphatic heterocycles. The van der Waals surface area contributed by atoms with Crippen LogP contribution in [0.15, 0.2) is 0 Å². The normalized spacial score (nSPS) is 29.6. The Morgan fingerprint density at radius 3 is 3.00 bits per heavy atom. The summed E-state index contributed by atoms with van der Waals surface area (Å²) in [7, 11) is 0. The van der Waals surface area contributed by atoms with Crippen molar-refractivity contribution >= 4 is 5.78 Å². The molecule has 16 heavy (non-hydrogen) atoms. The topological polar surface area (TPSA) is 32.8 Å². The van der Waals surface area contributed by atoms with Crippen LogP contribution in [-0.4, -0.2) is 67.6 Å². The van der Waals surface area contributed by atoms with E-state index >= 15 is 0 Å².